The highest BCUT2D eigenvalue weighted by atomic mass is 35.5. The van der Waals surface area contributed by atoms with E-state index in [9.17, 15) is 4.79 Å². The fourth-order valence-electron chi connectivity index (χ4n) is 1.32. The Kier molecular flexibility index (Phi) is 2.25. The van der Waals surface area contributed by atoms with Crippen LogP contribution in [-0.4, -0.2) is 21.1 Å². The van der Waals surface area contributed by atoms with Gasteiger partial charge in [0, 0.05) is 5.39 Å². The Morgan fingerprint density at radius 2 is 2.21 bits per heavy atom. The maximum atomic E-state index is 11.6. The first kappa shape index (κ1) is 9.21. The number of para-hydroxylation sites is 1. The van der Waals surface area contributed by atoms with E-state index in [4.69, 9.17) is 11.6 Å². The Balaban J connectivity index is 2.58. The summed E-state index contributed by atoms with van der Waals surface area (Å²) in [7, 11) is 0. The van der Waals surface area contributed by atoms with Gasteiger partial charge in [0.1, 0.15) is 5.38 Å². The van der Waals surface area contributed by atoms with Crippen LogP contribution < -0.4 is 0 Å². The van der Waals surface area contributed by atoms with E-state index in [1.54, 1.807) is 13.1 Å². The molecule has 72 valence electrons. The van der Waals surface area contributed by atoms with Crippen molar-refractivity contribution in [1.29, 1.82) is 0 Å². The van der Waals surface area contributed by atoms with E-state index in [-0.39, 0.29) is 5.91 Å². The van der Waals surface area contributed by atoms with E-state index < -0.39 is 5.38 Å². The Hall–Kier alpha value is -1.35. The molecule has 4 heteroatoms. The zero-order chi connectivity index (χ0) is 10.1. The summed E-state index contributed by atoms with van der Waals surface area (Å²) in [6, 6.07) is 7.53. The summed E-state index contributed by atoms with van der Waals surface area (Å²) in [6.45, 7) is 1.64. The summed E-state index contributed by atoms with van der Waals surface area (Å²) in [6.07, 6.45) is 1.66. The van der Waals surface area contributed by atoms with E-state index in [1.165, 1.54) is 4.68 Å². The molecule has 1 heterocycles. The number of hydrogen-bond acceptors (Lipinski definition) is 2. The summed E-state index contributed by atoms with van der Waals surface area (Å²) in [5.41, 5.74) is 0.796. The van der Waals surface area contributed by atoms with Gasteiger partial charge < -0.3 is 0 Å². The minimum Gasteiger partial charge on any atom is -0.271 e. The number of carbonyl (C=O) groups excluding carboxylic acids is 1. The van der Waals surface area contributed by atoms with Crippen molar-refractivity contribution in [2.24, 2.45) is 0 Å². The summed E-state index contributed by atoms with van der Waals surface area (Å²) in [5, 5.41) is 4.38. The van der Waals surface area contributed by atoms with Crippen LogP contribution in [0.25, 0.3) is 10.9 Å². The molecule has 0 aliphatic heterocycles. The molecule has 1 unspecified atom stereocenters. The van der Waals surface area contributed by atoms with Crippen LogP contribution >= 0.6 is 11.6 Å². The Labute approximate surface area is 86.3 Å². The van der Waals surface area contributed by atoms with Gasteiger partial charge in [0.2, 0.25) is 0 Å². The van der Waals surface area contributed by atoms with Crippen molar-refractivity contribution in [2.45, 2.75) is 12.3 Å². The monoisotopic (exact) mass is 208 g/mol. The lowest BCUT2D eigenvalue weighted by Gasteiger charge is -2.02. The minimum atomic E-state index is -0.557. The third-order valence-corrected chi connectivity index (χ3v) is 2.21. The molecule has 0 saturated heterocycles. The van der Waals surface area contributed by atoms with E-state index in [0.29, 0.717) is 0 Å². The van der Waals surface area contributed by atoms with E-state index in [1.807, 2.05) is 24.3 Å². The SMILES string of the molecule is CC(Cl)C(=O)n1ncc2ccccc21. The lowest BCUT2D eigenvalue weighted by molar-refractivity contribution is 0.0903. The molecule has 0 aliphatic carbocycles. The van der Waals surface area contributed by atoms with E-state index in [2.05, 4.69) is 5.10 Å². The Morgan fingerprint density at radius 1 is 1.50 bits per heavy atom. The quantitative estimate of drug-likeness (QED) is 0.674. The first-order chi connectivity index (χ1) is 6.70. The summed E-state index contributed by atoms with van der Waals surface area (Å²) in [5.74, 6) is -0.201. The van der Waals surface area contributed by atoms with Crippen LogP contribution in [0, 0.1) is 0 Å². The number of halogens is 1. The molecule has 0 radical (unpaired) electrons. The van der Waals surface area contributed by atoms with Crippen molar-refractivity contribution in [2.75, 3.05) is 0 Å². The highest BCUT2D eigenvalue weighted by Crippen LogP contribution is 2.13. The summed E-state index contributed by atoms with van der Waals surface area (Å²) >= 11 is 5.71. The molecule has 2 rings (SSSR count). The van der Waals surface area contributed by atoms with E-state index in [0.717, 1.165) is 10.9 Å². The molecule has 0 spiro atoms. The number of alkyl halides is 1. The van der Waals surface area contributed by atoms with Crippen LogP contribution in [0.1, 0.15) is 11.7 Å². The van der Waals surface area contributed by atoms with Gasteiger partial charge in [-0.25, -0.2) is 0 Å². The maximum absolute atomic E-state index is 11.6. The third-order valence-electron chi connectivity index (χ3n) is 2.03. The van der Waals surface area contributed by atoms with Crippen molar-refractivity contribution in [1.82, 2.24) is 9.78 Å². The second kappa shape index (κ2) is 3.42. The first-order valence-corrected chi connectivity index (χ1v) is 4.75. The lowest BCUT2D eigenvalue weighted by Crippen LogP contribution is -2.20. The molecular formula is C10H9ClN2O. The molecule has 0 N–H and O–H groups in total. The normalized spacial score (nSPS) is 13.0. The molecule has 0 fully saturated rings. The number of benzene rings is 1. The van der Waals surface area contributed by atoms with Crippen molar-refractivity contribution in [3.05, 3.63) is 30.5 Å². The van der Waals surface area contributed by atoms with Gasteiger partial charge in [0.15, 0.2) is 0 Å². The fraction of sp³-hybridized carbons (Fsp3) is 0.200. The highest BCUT2D eigenvalue weighted by Gasteiger charge is 2.14. The van der Waals surface area contributed by atoms with Crippen LogP contribution in [0.15, 0.2) is 30.5 Å². The van der Waals surface area contributed by atoms with Crippen LogP contribution in [0.4, 0.5) is 0 Å². The second-order valence-corrected chi connectivity index (χ2v) is 3.72. The molecule has 3 nitrogen and oxygen atoms in total. The van der Waals surface area contributed by atoms with Crippen LogP contribution in [0.3, 0.4) is 0 Å². The third kappa shape index (κ3) is 1.40. The maximum Gasteiger partial charge on any atom is 0.265 e. The van der Waals surface area contributed by atoms with Gasteiger partial charge in [-0.05, 0) is 13.0 Å². The zero-order valence-corrected chi connectivity index (χ0v) is 8.40. The fourth-order valence-corrected chi connectivity index (χ4v) is 1.41. The predicted octanol–water partition coefficient (Wildman–Crippen LogP) is 2.30. The smallest absolute Gasteiger partial charge is 0.265 e. The van der Waals surface area contributed by atoms with Gasteiger partial charge in [-0.1, -0.05) is 18.2 Å². The second-order valence-electron chi connectivity index (χ2n) is 3.07. The molecular weight excluding hydrogens is 200 g/mol. The number of fused-ring (bicyclic) bond motifs is 1. The molecule has 0 saturated carbocycles. The van der Waals surface area contributed by atoms with Gasteiger partial charge in [0.05, 0.1) is 11.7 Å². The predicted molar refractivity (Wildman–Crippen MR) is 55.7 cm³/mol. The Morgan fingerprint density at radius 3 is 2.93 bits per heavy atom. The molecule has 0 aliphatic rings. The van der Waals surface area contributed by atoms with Gasteiger partial charge in [0.25, 0.3) is 5.91 Å². The molecule has 1 aromatic carbocycles. The van der Waals surface area contributed by atoms with Gasteiger partial charge >= 0.3 is 0 Å². The van der Waals surface area contributed by atoms with Gasteiger partial charge in [-0.3, -0.25) is 4.79 Å². The average Bonchev–Trinajstić information content (AvgIpc) is 2.60. The van der Waals surface area contributed by atoms with E-state index >= 15 is 0 Å². The molecule has 14 heavy (non-hydrogen) atoms. The number of hydrogen-bond donors (Lipinski definition) is 0. The van der Waals surface area contributed by atoms with Gasteiger partial charge in [-0.15, -0.1) is 11.6 Å². The molecule has 2 aromatic rings. The zero-order valence-electron chi connectivity index (χ0n) is 7.64. The summed E-state index contributed by atoms with van der Waals surface area (Å²) in [4.78, 5) is 11.6. The Bertz CT molecular complexity index is 476. The largest absolute Gasteiger partial charge is 0.271 e. The topological polar surface area (TPSA) is 34.9 Å². The number of nitrogens with zero attached hydrogens (tertiary/aromatic N) is 2. The molecule has 1 atom stereocenters. The van der Waals surface area contributed by atoms with Crippen molar-refractivity contribution >= 4 is 28.4 Å². The van der Waals surface area contributed by atoms with Crippen molar-refractivity contribution in [3.63, 3.8) is 0 Å². The van der Waals surface area contributed by atoms with Crippen molar-refractivity contribution in [3.8, 4) is 0 Å². The van der Waals surface area contributed by atoms with Crippen molar-refractivity contribution < 1.29 is 4.79 Å². The lowest BCUT2D eigenvalue weighted by atomic mass is 10.2. The average molecular weight is 209 g/mol. The highest BCUT2D eigenvalue weighted by molar-refractivity contribution is 6.31. The first-order valence-electron chi connectivity index (χ1n) is 4.31. The minimum absolute atomic E-state index is 0.201. The standard InChI is InChI=1S/C10H9ClN2O/c1-7(11)10(14)13-9-5-3-2-4-8(9)6-12-13/h2-7H,1H3. The number of carbonyl (C=O) groups is 1. The molecule has 1 aromatic heterocycles. The van der Waals surface area contributed by atoms with Crippen LogP contribution in [-0.2, 0) is 0 Å². The van der Waals surface area contributed by atoms with Crippen LogP contribution in [0.5, 0.6) is 0 Å². The molecule has 0 amide bonds. The summed E-state index contributed by atoms with van der Waals surface area (Å²) < 4.78 is 1.34. The molecule has 0 bridgehead atoms. The number of rotatable bonds is 1. The van der Waals surface area contributed by atoms with Gasteiger partial charge in [-0.2, -0.15) is 9.78 Å². The van der Waals surface area contributed by atoms with Crippen LogP contribution in [0.2, 0.25) is 0 Å². The number of aromatic nitrogens is 2.